The Labute approximate surface area is 235 Å². The average molecular weight is 566 g/mol. The molecule has 2 aromatic rings. The first kappa shape index (κ1) is 27.8. The van der Waals surface area contributed by atoms with E-state index in [-0.39, 0.29) is 28.4 Å². The number of thioether (sulfide) groups is 1. The lowest BCUT2D eigenvalue weighted by Crippen LogP contribution is -2.43. The molecule has 1 fully saturated rings. The van der Waals surface area contributed by atoms with E-state index in [1.54, 1.807) is 26.8 Å². The SMILES string of the molecule is [C-]#[N+]c1ccc(/C(F)=C/c2ccc(F)c([C@@]3(C)N=C(NC(=O)OC(C)(C)C)S[C@@]4(C5=NC(C)CO5)C[C@H]43)c2)nc1. The molecule has 0 bridgehead atoms. The minimum Gasteiger partial charge on any atom is -0.478 e. The highest BCUT2D eigenvalue weighted by Gasteiger charge is 2.71. The summed E-state index contributed by atoms with van der Waals surface area (Å²) in [4.78, 5) is 29.4. The topological polar surface area (TPSA) is 89.5 Å². The van der Waals surface area contributed by atoms with Crippen LogP contribution < -0.4 is 5.32 Å². The fourth-order valence-electron chi connectivity index (χ4n) is 5.01. The van der Waals surface area contributed by atoms with Gasteiger partial charge in [-0.2, -0.15) is 0 Å². The van der Waals surface area contributed by atoms with Gasteiger partial charge in [0.1, 0.15) is 28.6 Å². The van der Waals surface area contributed by atoms with Gasteiger partial charge in [-0.3, -0.25) is 15.3 Å². The number of rotatable bonds is 4. The van der Waals surface area contributed by atoms with Crippen molar-refractivity contribution in [1.82, 2.24) is 10.3 Å². The van der Waals surface area contributed by atoms with Crippen LogP contribution in [0, 0.1) is 18.3 Å². The molecule has 1 unspecified atom stereocenters. The first-order valence-corrected chi connectivity index (χ1v) is 13.7. The molecule has 1 N–H and O–H groups in total. The molecule has 0 radical (unpaired) electrons. The largest absolute Gasteiger partial charge is 0.478 e. The van der Waals surface area contributed by atoms with Crippen molar-refractivity contribution in [2.75, 3.05) is 6.61 Å². The fraction of sp³-hybridized carbons (Fsp3) is 0.414. The maximum Gasteiger partial charge on any atom is 0.413 e. The van der Waals surface area contributed by atoms with Crippen LogP contribution in [-0.2, 0) is 15.0 Å². The Bertz CT molecular complexity index is 1490. The summed E-state index contributed by atoms with van der Waals surface area (Å²) in [6, 6.07) is 7.21. The van der Waals surface area contributed by atoms with Crippen LogP contribution in [0.4, 0.5) is 19.3 Å². The van der Waals surface area contributed by atoms with Gasteiger partial charge in [0.2, 0.25) is 11.6 Å². The third-order valence-electron chi connectivity index (χ3n) is 6.92. The molecule has 4 atom stereocenters. The number of alkyl carbamates (subject to hydrolysis) is 1. The Balaban J connectivity index is 1.53. The summed E-state index contributed by atoms with van der Waals surface area (Å²) >= 11 is 1.34. The van der Waals surface area contributed by atoms with E-state index < -0.39 is 33.6 Å². The number of pyridine rings is 1. The molecular formula is C29H29F2N5O3S. The van der Waals surface area contributed by atoms with Gasteiger partial charge in [0, 0.05) is 17.7 Å². The van der Waals surface area contributed by atoms with Crippen LogP contribution >= 0.6 is 11.8 Å². The number of nitrogens with one attached hydrogen (secondary N) is 1. The zero-order valence-electron chi connectivity index (χ0n) is 22.8. The molecule has 2 aliphatic heterocycles. The van der Waals surface area contributed by atoms with E-state index in [1.807, 2.05) is 13.8 Å². The number of ether oxygens (including phenoxy) is 2. The number of carbonyl (C=O) groups excluding carboxylic acids is 1. The molecular weight excluding hydrogens is 536 g/mol. The number of amidine groups is 1. The minimum atomic E-state index is -1.12. The van der Waals surface area contributed by atoms with Crippen molar-refractivity contribution in [2.24, 2.45) is 15.9 Å². The van der Waals surface area contributed by atoms with Crippen molar-refractivity contribution in [3.8, 4) is 0 Å². The van der Waals surface area contributed by atoms with Gasteiger partial charge < -0.3 is 9.47 Å². The molecule has 0 spiro atoms. The standard InChI is InChI=1S/C29H29F2N5O3S/c1-16-15-38-24(34-16)29-13-23(29)28(5,36-25(40-29)35-26(37)39-27(2,3)4)19-11-17(7-9-20(19)30)12-21(31)22-10-8-18(32-6)14-33-22/h7-12,14,16,23H,13,15H2,1-5H3,(H,35,36,37)/b21-12-/t16?,23-,28+,29-/m0/s1. The van der Waals surface area contributed by atoms with Crippen molar-refractivity contribution in [1.29, 1.82) is 0 Å². The van der Waals surface area contributed by atoms with Gasteiger partial charge in [0.05, 0.1) is 23.8 Å². The van der Waals surface area contributed by atoms with Crippen LogP contribution in [0.15, 0.2) is 46.5 Å². The summed E-state index contributed by atoms with van der Waals surface area (Å²) in [5.74, 6) is -0.747. The number of aromatic nitrogens is 1. The molecule has 11 heteroatoms. The molecule has 3 heterocycles. The summed E-state index contributed by atoms with van der Waals surface area (Å²) in [5, 5.41) is 3.00. The van der Waals surface area contributed by atoms with Gasteiger partial charge in [-0.1, -0.05) is 23.9 Å². The van der Waals surface area contributed by atoms with Crippen molar-refractivity contribution in [3.63, 3.8) is 0 Å². The van der Waals surface area contributed by atoms with E-state index in [0.29, 0.717) is 30.2 Å². The second-order valence-electron chi connectivity index (χ2n) is 11.3. The van der Waals surface area contributed by atoms with E-state index in [4.69, 9.17) is 21.0 Å². The third-order valence-corrected chi connectivity index (χ3v) is 8.30. The number of nitrogens with zero attached hydrogens (tertiary/aromatic N) is 4. The van der Waals surface area contributed by atoms with E-state index in [1.165, 1.54) is 48.3 Å². The monoisotopic (exact) mass is 565 g/mol. The van der Waals surface area contributed by atoms with Crippen molar-refractivity contribution in [3.05, 3.63) is 70.6 Å². The van der Waals surface area contributed by atoms with Crippen molar-refractivity contribution < 1.29 is 23.0 Å². The molecule has 1 saturated carbocycles. The molecule has 5 rings (SSSR count). The van der Waals surface area contributed by atoms with Gasteiger partial charge in [-0.25, -0.2) is 23.4 Å². The lowest BCUT2D eigenvalue weighted by molar-refractivity contribution is 0.0564. The van der Waals surface area contributed by atoms with Crippen molar-refractivity contribution in [2.45, 2.75) is 63.0 Å². The number of halogens is 2. The second-order valence-corrected chi connectivity index (χ2v) is 12.6. The Morgan fingerprint density at radius 2 is 2.10 bits per heavy atom. The molecule has 1 aromatic heterocycles. The number of carbonyl (C=O) groups is 1. The number of fused-ring (bicyclic) bond motifs is 1. The molecule has 1 aromatic carbocycles. The summed E-state index contributed by atoms with van der Waals surface area (Å²) in [6.45, 7) is 16.5. The van der Waals surface area contributed by atoms with Crippen LogP contribution in [0.25, 0.3) is 16.7 Å². The second kappa shape index (κ2) is 10.0. The average Bonchev–Trinajstić information content (AvgIpc) is 3.48. The highest BCUT2D eigenvalue weighted by atomic mass is 32.2. The molecule has 8 nitrogen and oxygen atoms in total. The molecule has 0 saturated heterocycles. The summed E-state index contributed by atoms with van der Waals surface area (Å²) in [7, 11) is 0. The first-order chi connectivity index (χ1) is 18.8. The summed E-state index contributed by atoms with van der Waals surface area (Å²) in [6.07, 6.45) is 2.49. The normalized spacial score (nSPS) is 27.5. The number of hydrogen-bond donors (Lipinski definition) is 1. The molecule has 1 aliphatic carbocycles. The van der Waals surface area contributed by atoms with Crippen molar-refractivity contribution >= 4 is 46.5 Å². The van der Waals surface area contributed by atoms with E-state index in [9.17, 15) is 4.79 Å². The number of hydrogen-bond acceptors (Lipinski definition) is 7. The molecule has 40 heavy (non-hydrogen) atoms. The Hall–Kier alpha value is -3.78. The first-order valence-electron chi connectivity index (χ1n) is 12.8. The lowest BCUT2D eigenvalue weighted by atomic mass is 9.84. The van der Waals surface area contributed by atoms with E-state index in [2.05, 4.69) is 20.1 Å². The lowest BCUT2D eigenvalue weighted by Gasteiger charge is -2.35. The van der Waals surface area contributed by atoms with E-state index in [0.717, 1.165) is 0 Å². The van der Waals surface area contributed by atoms with Gasteiger partial charge >= 0.3 is 6.09 Å². The molecule has 208 valence electrons. The quantitative estimate of drug-likeness (QED) is 0.419. The van der Waals surface area contributed by atoms with Crippen LogP contribution in [-0.4, -0.2) is 45.1 Å². The molecule has 1 amide bonds. The minimum absolute atomic E-state index is 0.00995. The summed E-state index contributed by atoms with van der Waals surface area (Å²) in [5.41, 5.74) is -0.804. The molecule has 3 aliphatic rings. The highest BCUT2D eigenvalue weighted by molar-refractivity contribution is 8.16. The fourth-order valence-corrected chi connectivity index (χ4v) is 6.54. The van der Waals surface area contributed by atoms with Crippen LogP contribution in [0.1, 0.15) is 57.9 Å². The Kier molecular flexibility index (Phi) is 6.94. The number of aliphatic imine (C=N–C) groups is 2. The highest BCUT2D eigenvalue weighted by Crippen LogP contribution is 2.67. The summed E-state index contributed by atoms with van der Waals surface area (Å²) < 4.78 is 41.3. The van der Waals surface area contributed by atoms with E-state index >= 15 is 8.78 Å². The van der Waals surface area contributed by atoms with Gasteiger partial charge in [-0.15, -0.1) is 0 Å². The zero-order valence-corrected chi connectivity index (χ0v) is 23.6. The third kappa shape index (κ3) is 5.32. The van der Waals surface area contributed by atoms with Crippen LogP contribution in [0.3, 0.4) is 0 Å². The predicted octanol–water partition coefficient (Wildman–Crippen LogP) is 6.66. The Morgan fingerprint density at radius 3 is 2.73 bits per heavy atom. The zero-order chi connectivity index (χ0) is 28.9. The maximum absolute atomic E-state index is 15.5. The van der Waals surface area contributed by atoms with Gasteiger partial charge in [0.25, 0.3) is 0 Å². The van der Waals surface area contributed by atoms with Crippen LogP contribution in [0.5, 0.6) is 0 Å². The smallest absolute Gasteiger partial charge is 0.413 e. The maximum atomic E-state index is 15.5. The van der Waals surface area contributed by atoms with Gasteiger partial charge in [0.15, 0.2) is 5.17 Å². The predicted molar refractivity (Wildman–Crippen MR) is 151 cm³/mol. The number of benzene rings is 1. The Morgan fingerprint density at radius 1 is 1.32 bits per heavy atom. The van der Waals surface area contributed by atoms with Crippen LogP contribution in [0.2, 0.25) is 0 Å². The number of amides is 1. The van der Waals surface area contributed by atoms with Gasteiger partial charge in [-0.05, 0) is 70.9 Å².